The fourth-order valence-electron chi connectivity index (χ4n) is 4.19. The van der Waals surface area contributed by atoms with Gasteiger partial charge in [-0.25, -0.2) is 27.3 Å². The molecule has 0 bridgehead atoms. The van der Waals surface area contributed by atoms with Crippen molar-refractivity contribution in [2.45, 2.75) is 42.7 Å². The number of aromatic nitrogens is 4. The van der Waals surface area contributed by atoms with Crippen LogP contribution in [0.3, 0.4) is 0 Å². The van der Waals surface area contributed by atoms with Gasteiger partial charge in [-0.3, -0.25) is 0 Å². The molecule has 0 radical (unpaired) electrons. The summed E-state index contributed by atoms with van der Waals surface area (Å²) in [5.74, 6) is 0.411. The third-order valence-corrected chi connectivity index (χ3v) is 7.77. The van der Waals surface area contributed by atoms with Crippen LogP contribution in [-0.2, 0) is 10.0 Å². The minimum atomic E-state index is -3.85. The molecule has 0 saturated heterocycles. The molecule has 4 aromatic rings. The second-order valence-electron chi connectivity index (χ2n) is 8.19. The van der Waals surface area contributed by atoms with Gasteiger partial charge in [0.05, 0.1) is 10.6 Å². The molecule has 0 spiro atoms. The van der Waals surface area contributed by atoms with Gasteiger partial charge in [0.15, 0.2) is 5.65 Å². The zero-order valence-corrected chi connectivity index (χ0v) is 19.3. The molecule has 0 atom stereocenters. The van der Waals surface area contributed by atoms with E-state index in [4.69, 9.17) is 17.3 Å². The van der Waals surface area contributed by atoms with Crippen LogP contribution in [0.5, 0.6) is 0 Å². The van der Waals surface area contributed by atoms with Gasteiger partial charge in [0, 0.05) is 41.5 Å². The summed E-state index contributed by atoms with van der Waals surface area (Å²) in [7, 11) is -3.85. The Hall–Kier alpha value is -3.01. The number of nitrogens with one attached hydrogen (secondary N) is 1. The highest BCUT2D eigenvalue weighted by Gasteiger charge is 2.24. The van der Waals surface area contributed by atoms with Crippen LogP contribution in [0.25, 0.3) is 22.3 Å². The van der Waals surface area contributed by atoms with Crippen molar-refractivity contribution < 1.29 is 8.42 Å². The lowest BCUT2D eigenvalue weighted by Gasteiger charge is -2.26. The molecular formula is C23H23ClN6O2S. The predicted molar refractivity (Wildman–Crippen MR) is 129 cm³/mol. The lowest BCUT2D eigenvalue weighted by atomic mass is 9.92. The molecule has 3 N–H and O–H groups in total. The molecule has 3 heterocycles. The Morgan fingerprint density at radius 3 is 2.55 bits per heavy atom. The van der Waals surface area contributed by atoms with Gasteiger partial charge in [0.25, 0.3) is 10.0 Å². The van der Waals surface area contributed by atoms with Crippen LogP contribution in [-0.4, -0.2) is 39.4 Å². The monoisotopic (exact) mass is 482 g/mol. The minimum absolute atomic E-state index is 0.178. The van der Waals surface area contributed by atoms with Crippen molar-refractivity contribution in [2.75, 3.05) is 5.32 Å². The molecule has 0 aliphatic heterocycles. The number of benzene rings is 1. The number of pyridine rings is 1. The van der Waals surface area contributed by atoms with Gasteiger partial charge in [-0.1, -0.05) is 29.8 Å². The number of hydrogen-bond acceptors (Lipinski definition) is 7. The maximum absolute atomic E-state index is 13.4. The van der Waals surface area contributed by atoms with E-state index in [2.05, 4.69) is 20.3 Å². The van der Waals surface area contributed by atoms with Crippen LogP contribution in [0.2, 0.25) is 5.15 Å². The van der Waals surface area contributed by atoms with Crippen molar-refractivity contribution in [1.82, 2.24) is 18.9 Å². The Morgan fingerprint density at radius 1 is 1.03 bits per heavy atom. The van der Waals surface area contributed by atoms with Crippen molar-refractivity contribution in [2.24, 2.45) is 5.73 Å². The molecule has 3 aromatic heterocycles. The Morgan fingerprint density at radius 2 is 1.79 bits per heavy atom. The molecule has 0 amide bonds. The van der Waals surface area contributed by atoms with E-state index in [1.54, 1.807) is 54.9 Å². The first-order valence-electron chi connectivity index (χ1n) is 10.8. The van der Waals surface area contributed by atoms with E-state index in [-0.39, 0.29) is 22.1 Å². The van der Waals surface area contributed by atoms with Crippen LogP contribution in [0.15, 0.2) is 65.8 Å². The van der Waals surface area contributed by atoms with Crippen LogP contribution >= 0.6 is 11.6 Å². The first-order valence-corrected chi connectivity index (χ1v) is 12.6. The first-order chi connectivity index (χ1) is 15.9. The average molecular weight is 483 g/mol. The van der Waals surface area contributed by atoms with E-state index in [0.29, 0.717) is 28.2 Å². The van der Waals surface area contributed by atoms with E-state index in [9.17, 15) is 8.42 Å². The van der Waals surface area contributed by atoms with Crippen LogP contribution < -0.4 is 11.1 Å². The third kappa shape index (κ3) is 4.31. The fraction of sp³-hybridized carbons (Fsp3) is 0.261. The Kier molecular flexibility index (Phi) is 5.77. The van der Waals surface area contributed by atoms with Crippen molar-refractivity contribution in [3.8, 4) is 11.3 Å². The van der Waals surface area contributed by atoms with Crippen LogP contribution in [0.1, 0.15) is 25.7 Å². The molecule has 33 heavy (non-hydrogen) atoms. The number of anilines is 1. The average Bonchev–Trinajstić information content (AvgIpc) is 3.21. The smallest absolute Gasteiger partial charge is 0.269 e. The lowest BCUT2D eigenvalue weighted by molar-refractivity contribution is 0.410. The summed E-state index contributed by atoms with van der Waals surface area (Å²) in [5, 5.41) is 4.28. The quantitative estimate of drug-likeness (QED) is 0.412. The Bertz CT molecular complexity index is 1400. The second kappa shape index (κ2) is 8.74. The molecule has 1 aliphatic rings. The lowest BCUT2D eigenvalue weighted by Crippen LogP contribution is -2.33. The summed E-state index contributed by atoms with van der Waals surface area (Å²) >= 11 is 6.33. The predicted octanol–water partition coefficient (Wildman–Crippen LogP) is 4.07. The third-order valence-electron chi connectivity index (χ3n) is 5.91. The summed E-state index contributed by atoms with van der Waals surface area (Å²) in [5.41, 5.74) is 7.46. The van der Waals surface area contributed by atoms with E-state index in [1.165, 1.54) is 3.97 Å². The molecule has 10 heteroatoms. The molecule has 170 valence electrons. The largest absolute Gasteiger partial charge is 0.351 e. The number of rotatable bonds is 5. The Labute approximate surface area is 196 Å². The summed E-state index contributed by atoms with van der Waals surface area (Å²) in [4.78, 5) is 13.5. The Balaban J connectivity index is 1.58. The van der Waals surface area contributed by atoms with Crippen molar-refractivity contribution in [3.05, 3.63) is 66.1 Å². The second-order valence-corrected chi connectivity index (χ2v) is 10.4. The number of fused-ring (bicyclic) bond motifs is 1. The summed E-state index contributed by atoms with van der Waals surface area (Å²) in [6.07, 6.45) is 6.87. The topological polar surface area (TPSA) is 116 Å². The van der Waals surface area contributed by atoms with Crippen molar-refractivity contribution >= 4 is 38.6 Å². The summed E-state index contributed by atoms with van der Waals surface area (Å²) < 4.78 is 27.9. The zero-order valence-electron chi connectivity index (χ0n) is 17.7. The van der Waals surface area contributed by atoms with Gasteiger partial charge >= 0.3 is 0 Å². The van der Waals surface area contributed by atoms with Gasteiger partial charge in [0.2, 0.25) is 5.95 Å². The highest BCUT2D eigenvalue weighted by Crippen LogP contribution is 2.32. The van der Waals surface area contributed by atoms with Gasteiger partial charge in [-0.15, -0.1) is 0 Å². The molecule has 1 aromatic carbocycles. The highest BCUT2D eigenvalue weighted by molar-refractivity contribution is 7.90. The fourth-order valence-corrected chi connectivity index (χ4v) is 5.72. The molecule has 0 unspecified atom stereocenters. The number of nitrogens with zero attached hydrogens (tertiary/aromatic N) is 4. The SMILES string of the molecule is NC1CCC(Nc2nc(Cl)cc(-c3cn(S(=O)(=O)c4ccccc4)c4ncccc34)n2)CC1. The van der Waals surface area contributed by atoms with Gasteiger partial charge in [0.1, 0.15) is 5.15 Å². The number of nitrogens with two attached hydrogens (primary N) is 1. The van der Waals surface area contributed by atoms with Gasteiger partial charge in [-0.05, 0) is 49.9 Å². The summed E-state index contributed by atoms with van der Waals surface area (Å²) in [6.45, 7) is 0. The molecule has 5 rings (SSSR count). The number of halogens is 1. The van der Waals surface area contributed by atoms with Crippen molar-refractivity contribution in [3.63, 3.8) is 0 Å². The minimum Gasteiger partial charge on any atom is -0.351 e. The molecular weight excluding hydrogens is 460 g/mol. The highest BCUT2D eigenvalue weighted by atomic mass is 35.5. The van der Waals surface area contributed by atoms with E-state index in [1.807, 2.05) is 6.07 Å². The van der Waals surface area contributed by atoms with Crippen LogP contribution in [0.4, 0.5) is 5.95 Å². The van der Waals surface area contributed by atoms with E-state index in [0.717, 1.165) is 25.7 Å². The normalized spacial score (nSPS) is 19.0. The maximum atomic E-state index is 13.4. The molecule has 8 nitrogen and oxygen atoms in total. The molecule has 1 aliphatic carbocycles. The standard InChI is InChI=1S/C23H23ClN6O2S/c24-21-13-20(28-23(29-21)27-16-10-8-15(25)9-11-16)19-14-30(22-18(19)7-4-12-26-22)33(31,32)17-5-2-1-3-6-17/h1-7,12-16H,8-11,25H2,(H,27,28,29). The molecule has 1 saturated carbocycles. The van der Waals surface area contributed by atoms with Crippen LogP contribution in [0, 0.1) is 0 Å². The van der Waals surface area contributed by atoms with Gasteiger partial charge < -0.3 is 11.1 Å². The van der Waals surface area contributed by atoms with E-state index < -0.39 is 10.0 Å². The number of hydrogen-bond donors (Lipinski definition) is 2. The van der Waals surface area contributed by atoms with E-state index >= 15 is 0 Å². The maximum Gasteiger partial charge on any atom is 0.269 e. The molecule has 1 fully saturated rings. The van der Waals surface area contributed by atoms with Crippen molar-refractivity contribution in [1.29, 1.82) is 0 Å². The van der Waals surface area contributed by atoms with Gasteiger partial charge in [-0.2, -0.15) is 0 Å². The summed E-state index contributed by atoms with van der Waals surface area (Å²) in [6, 6.07) is 13.9. The first kappa shape index (κ1) is 21.8. The zero-order chi connectivity index (χ0) is 23.0.